The van der Waals surface area contributed by atoms with Gasteiger partial charge in [-0.2, -0.15) is 0 Å². The van der Waals surface area contributed by atoms with Crippen molar-refractivity contribution < 1.29 is 19.8 Å². The average molecular weight is 363 g/mol. The zero-order valence-electron chi connectivity index (χ0n) is 15.4. The first-order chi connectivity index (χ1) is 12.4. The molecule has 1 aromatic carbocycles. The maximum Gasteiger partial charge on any atom is 0.317 e. The molecule has 0 radical (unpaired) electrons. The minimum Gasteiger partial charge on any atom is -0.480 e. The second-order valence-corrected chi connectivity index (χ2v) is 6.96. The molecule has 0 aliphatic heterocycles. The summed E-state index contributed by atoms with van der Waals surface area (Å²) in [7, 11) is 0. The van der Waals surface area contributed by atoms with Crippen LogP contribution in [0.15, 0.2) is 30.3 Å². The van der Waals surface area contributed by atoms with E-state index in [2.05, 4.69) is 10.6 Å². The second-order valence-electron chi connectivity index (χ2n) is 6.96. The molecule has 0 bridgehead atoms. The van der Waals surface area contributed by atoms with Gasteiger partial charge in [-0.05, 0) is 38.3 Å². The highest BCUT2D eigenvalue weighted by molar-refractivity contribution is 5.74. The van der Waals surface area contributed by atoms with Gasteiger partial charge in [0.15, 0.2) is 0 Å². The number of aliphatic hydroxyl groups excluding tert-OH is 1. The smallest absolute Gasteiger partial charge is 0.317 e. The lowest BCUT2D eigenvalue weighted by molar-refractivity contribution is -0.139. The summed E-state index contributed by atoms with van der Waals surface area (Å²) in [6, 6.07) is 9.23. The number of rotatable bonds is 9. The zero-order chi connectivity index (χ0) is 19.1. The number of aliphatic hydroxyl groups is 1. The number of benzene rings is 1. The van der Waals surface area contributed by atoms with Crippen molar-refractivity contribution in [3.8, 4) is 0 Å². The van der Waals surface area contributed by atoms with E-state index < -0.39 is 12.1 Å². The number of nitrogens with one attached hydrogen (secondary N) is 2. The lowest BCUT2D eigenvalue weighted by Gasteiger charge is -2.42. The van der Waals surface area contributed by atoms with Crippen LogP contribution in [0.2, 0.25) is 0 Å². The van der Waals surface area contributed by atoms with Gasteiger partial charge in [-0.15, -0.1) is 0 Å². The molecule has 4 N–H and O–H groups in total. The van der Waals surface area contributed by atoms with Crippen LogP contribution in [-0.2, 0) is 4.79 Å². The van der Waals surface area contributed by atoms with Crippen LogP contribution >= 0.6 is 0 Å². The Hall–Kier alpha value is -2.12. The third-order valence-electron chi connectivity index (χ3n) is 4.85. The van der Waals surface area contributed by atoms with Gasteiger partial charge in [-0.25, -0.2) is 4.79 Å². The van der Waals surface area contributed by atoms with Crippen molar-refractivity contribution in [2.24, 2.45) is 0 Å². The molecule has 26 heavy (non-hydrogen) atoms. The van der Waals surface area contributed by atoms with Gasteiger partial charge in [-0.1, -0.05) is 37.3 Å². The van der Waals surface area contributed by atoms with E-state index in [9.17, 15) is 14.7 Å². The summed E-state index contributed by atoms with van der Waals surface area (Å²) in [5.41, 5.74) is 0.835. The van der Waals surface area contributed by atoms with Crippen LogP contribution in [0.25, 0.3) is 0 Å². The van der Waals surface area contributed by atoms with E-state index in [-0.39, 0.29) is 30.7 Å². The van der Waals surface area contributed by atoms with Crippen molar-refractivity contribution in [1.82, 2.24) is 15.5 Å². The molecule has 0 heterocycles. The normalized spacial score (nSPS) is 21.5. The van der Waals surface area contributed by atoms with Gasteiger partial charge in [0.2, 0.25) is 0 Å². The summed E-state index contributed by atoms with van der Waals surface area (Å²) in [6.07, 6.45) is 1.34. The second kappa shape index (κ2) is 9.54. The molecule has 1 aliphatic carbocycles. The number of carbonyl (C=O) groups excluding carboxylic acids is 1. The van der Waals surface area contributed by atoms with E-state index in [1.165, 1.54) is 0 Å². The van der Waals surface area contributed by atoms with Crippen LogP contribution in [0, 0.1) is 0 Å². The minimum atomic E-state index is -0.827. The quantitative estimate of drug-likeness (QED) is 0.535. The van der Waals surface area contributed by atoms with E-state index >= 15 is 0 Å². The zero-order valence-corrected chi connectivity index (χ0v) is 15.4. The molecule has 7 heteroatoms. The van der Waals surface area contributed by atoms with Crippen LogP contribution in [0.5, 0.6) is 0 Å². The van der Waals surface area contributed by atoms with E-state index in [0.29, 0.717) is 13.0 Å². The number of hydrogen-bond acceptors (Lipinski definition) is 4. The number of carboxylic acid groups (broad SMARTS) is 1. The van der Waals surface area contributed by atoms with Gasteiger partial charge < -0.3 is 20.8 Å². The molecule has 2 amide bonds. The summed E-state index contributed by atoms with van der Waals surface area (Å²) in [4.78, 5) is 24.8. The van der Waals surface area contributed by atoms with E-state index in [1.54, 1.807) is 0 Å². The van der Waals surface area contributed by atoms with Crippen LogP contribution in [0.3, 0.4) is 0 Å². The molecule has 1 aliphatic rings. The molecule has 7 nitrogen and oxygen atoms in total. The highest BCUT2D eigenvalue weighted by Crippen LogP contribution is 2.25. The third kappa shape index (κ3) is 6.00. The van der Waals surface area contributed by atoms with E-state index in [4.69, 9.17) is 5.11 Å². The van der Waals surface area contributed by atoms with E-state index in [1.807, 2.05) is 49.1 Å². The van der Waals surface area contributed by atoms with Crippen molar-refractivity contribution in [3.05, 3.63) is 35.9 Å². The molecular weight excluding hydrogens is 334 g/mol. The number of urea groups is 1. The van der Waals surface area contributed by atoms with Crippen molar-refractivity contribution in [3.63, 3.8) is 0 Å². The third-order valence-corrected chi connectivity index (χ3v) is 4.85. The first-order valence-corrected chi connectivity index (χ1v) is 9.14. The Labute approximate surface area is 154 Å². The van der Waals surface area contributed by atoms with Crippen molar-refractivity contribution in [1.29, 1.82) is 0 Å². The molecule has 144 valence electrons. The van der Waals surface area contributed by atoms with E-state index in [0.717, 1.165) is 18.4 Å². The van der Waals surface area contributed by atoms with Crippen LogP contribution in [0.1, 0.15) is 44.8 Å². The van der Waals surface area contributed by atoms with Gasteiger partial charge in [-0.3, -0.25) is 9.69 Å². The fourth-order valence-corrected chi connectivity index (χ4v) is 3.33. The van der Waals surface area contributed by atoms with Gasteiger partial charge >= 0.3 is 12.0 Å². The number of carboxylic acids is 1. The Kier molecular flexibility index (Phi) is 7.41. The first-order valence-electron chi connectivity index (χ1n) is 9.14. The summed E-state index contributed by atoms with van der Waals surface area (Å²) >= 11 is 0. The standard InChI is InChI=1S/C19H29N3O4/c1-3-22(12-18(24)25)16-10-15(11-16)21-19(26)20-13(2)9-17(23)14-7-5-4-6-8-14/h4-8,13,15-17,23H,3,9-12H2,1-2H3,(H,24,25)(H2,20,21,26). The Morgan fingerprint density at radius 1 is 1.27 bits per heavy atom. The van der Waals surface area contributed by atoms with Crippen LogP contribution in [-0.4, -0.2) is 58.3 Å². The highest BCUT2D eigenvalue weighted by Gasteiger charge is 2.34. The molecule has 0 aromatic heterocycles. The fraction of sp³-hybridized carbons (Fsp3) is 0.579. The SMILES string of the molecule is CCN(CC(=O)O)C1CC(NC(=O)NC(C)CC(O)c2ccccc2)C1. The number of aliphatic carboxylic acids is 1. The maximum atomic E-state index is 12.1. The maximum absolute atomic E-state index is 12.1. The molecule has 2 atom stereocenters. The topological polar surface area (TPSA) is 102 Å². The highest BCUT2D eigenvalue weighted by atomic mass is 16.4. The van der Waals surface area contributed by atoms with Crippen molar-refractivity contribution >= 4 is 12.0 Å². The summed E-state index contributed by atoms with van der Waals surface area (Å²) < 4.78 is 0. The Balaban J connectivity index is 1.68. The summed E-state index contributed by atoms with van der Waals surface area (Å²) in [5.74, 6) is -0.827. The summed E-state index contributed by atoms with van der Waals surface area (Å²) in [6.45, 7) is 4.52. The number of amides is 2. The number of likely N-dealkylation sites (N-methyl/N-ethyl adjacent to an activating group) is 1. The monoisotopic (exact) mass is 363 g/mol. The van der Waals surface area contributed by atoms with Crippen molar-refractivity contribution in [2.45, 2.75) is 57.3 Å². The Morgan fingerprint density at radius 3 is 2.50 bits per heavy atom. The predicted octanol–water partition coefficient (Wildman–Crippen LogP) is 1.74. The number of carbonyl (C=O) groups is 2. The number of hydrogen-bond donors (Lipinski definition) is 4. The average Bonchev–Trinajstić information content (AvgIpc) is 2.56. The Morgan fingerprint density at radius 2 is 1.92 bits per heavy atom. The molecule has 1 aromatic rings. The molecule has 1 saturated carbocycles. The van der Waals surface area contributed by atoms with Crippen LogP contribution in [0.4, 0.5) is 4.79 Å². The van der Waals surface area contributed by atoms with Crippen LogP contribution < -0.4 is 10.6 Å². The summed E-state index contributed by atoms with van der Waals surface area (Å²) in [5, 5.41) is 24.9. The van der Waals surface area contributed by atoms with Gasteiger partial charge in [0.05, 0.1) is 12.6 Å². The largest absolute Gasteiger partial charge is 0.480 e. The van der Waals surface area contributed by atoms with Gasteiger partial charge in [0.1, 0.15) is 0 Å². The molecule has 0 saturated heterocycles. The predicted molar refractivity (Wildman–Crippen MR) is 98.8 cm³/mol. The molecule has 0 spiro atoms. The molecule has 2 rings (SSSR count). The Bertz CT molecular complexity index is 590. The first kappa shape index (κ1) is 20.2. The minimum absolute atomic E-state index is 0.0362. The van der Waals surface area contributed by atoms with Gasteiger partial charge in [0.25, 0.3) is 0 Å². The lowest BCUT2D eigenvalue weighted by Crippen LogP contribution is -2.57. The number of nitrogens with zero attached hydrogens (tertiary/aromatic N) is 1. The molecular formula is C19H29N3O4. The fourth-order valence-electron chi connectivity index (χ4n) is 3.33. The molecule has 1 fully saturated rings. The van der Waals surface area contributed by atoms with Crippen molar-refractivity contribution in [2.75, 3.05) is 13.1 Å². The molecule has 2 unspecified atom stereocenters. The lowest BCUT2D eigenvalue weighted by atomic mass is 9.85. The van der Waals surface area contributed by atoms with Gasteiger partial charge in [0, 0.05) is 18.1 Å².